The van der Waals surface area contributed by atoms with E-state index in [0.717, 1.165) is 11.1 Å². The summed E-state index contributed by atoms with van der Waals surface area (Å²) in [5, 5.41) is 9.51. The van der Waals surface area contributed by atoms with Gasteiger partial charge in [-0.25, -0.2) is 0 Å². The summed E-state index contributed by atoms with van der Waals surface area (Å²) >= 11 is 0. The van der Waals surface area contributed by atoms with E-state index in [0.29, 0.717) is 5.56 Å². The van der Waals surface area contributed by atoms with Gasteiger partial charge in [0, 0.05) is 5.56 Å². The summed E-state index contributed by atoms with van der Waals surface area (Å²) in [6.07, 6.45) is 0. The number of amides is 1. The molecule has 4 heteroatoms. The second-order valence-corrected chi connectivity index (χ2v) is 7.17. The number of benzene rings is 1. The quantitative estimate of drug-likeness (QED) is 0.544. The predicted molar refractivity (Wildman–Crippen MR) is 83.2 cm³/mol. The minimum absolute atomic E-state index is 0.0491. The van der Waals surface area contributed by atoms with Crippen molar-refractivity contribution >= 4 is 11.9 Å². The number of carbonyl (C=O) groups excluding carboxylic acids is 1. The Kier molecular flexibility index (Phi) is 4.27. The third-order valence-electron chi connectivity index (χ3n) is 3.18. The molecule has 20 heavy (non-hydrogen) atoms. The highest BCUT2D eigenvalue weighted by atomic mass is 16.1. The van der Waals surface area contributed by atoms with E-state index in [2.05, 4.69) is 52.9 Å². The zero-order valence-electron chi connectivity index (χ0n) is 13.2. The summed E-state index contributed by atoms with van der Waals surface area (Å²) in [6, 6.07) is 5.88. The van der Waals surface area contributed by atoms with Crippen LogP contribution in [0, 0.1) is 5.41 Å². The van der Waals surface area contributed by atoms with Crippen molar-refractivity contribution in [1.29, 1.82) is 5.41 Å². The molecule has 0 radical (unpaired) electrons. The fraction of sp³-hybridized carbons (Fsp3) is 0.500. The summed E-state index contributed by atoms with van der Waals surface area (Å²) in [6.45, 7) is 12.7. The number of hydrogen-bond donors (Lipinski definition) is 3. The van der Waals surface area contributed by atoms with Crippen molar-refractivity contribution in [2.24, 2.45) is 5.73 Å². The van der Waals surface area contributed by atoms with Gasteiger partial charge in [-0.1, -0.05) is 47.6 Å². The van der Waals surface area contributed by atoms with Crippen molar-refractivity contribution in [2.45, 2.75) is 52.4 Å². The Hall–Kier alpha value is -1.84. The second-order valence-electron chi connectivity index (χ2n) is 7.17. The Labute approximate surface area is 121 Å². The maximum atomic E-state index is 12.1. The van der Waals surface area contributed by atoms with Crippen LogP contribution in [0.5, 0.6) is 0 Å². The lowest BCUT2D eigenvalue weighted by molar-refractivity contribution is 0.0976. The Morgan fingerprint density at radius 3 is 1.70 bits per heavy atom. The molecule has 1 rings (SSSR count). The topological polar surface area (TPSA) is 79.0 Å². The van der Waals surface area contributed by atoms with Crippen LogP contribution in [0.25, 0.3) is 0 Å². The average molecular weight is 275 g/mol. The van der Waals surface area contributed by atoms with Crippen LogP contribution in [0.1, 0.15) is 63.0 Å². The van der Waals surface area contributed by atoms with Crippen LogP contribution in [0.2, 0.25) is 0 Å². The first-order valence-corrected chi connectivity index (χ1v) is 6.72. The van der Waals surface area contributed by atoms with Gasteiger partial charge in [0.2, 0.25) is 0 Å². The first-order chi connectivity index (χ1) is 8.91. The lowest BCUT2D eigenvalue weighted by Crippen LogP contribution is -2.36. The number of guanidine groups is 1. The highest BCUT2D eigenvalue weighted by Gasteiger charge is 2.22. The van der Waals surface area contributed by atoms with Crippen LogP contribution in [0.3, 0.4) is 0 Å². The number of hydrogen-bond acceptors (Lipinski definition) is 2. The Morgan fingerprint density at radius 1 is 1.00 bits per heavy atom. The molecule has 110 valence electrons. The fourth-order valence-corrected chi connectivity index (χ4v) is 1.82. The van der Waals surface area contributed by atoms with Gasteiger partial charge in [-0.2, -0.15) is 0 Å². The maximum Gasteiger partial charge on any atom is 0.257 e. The summed E-state index contributed by atoms with van der Waals surface area (Å²) < 4.78 is 0. The van der Waals surface area contributed by atoms with E-state index in [9.17, 15) is 4.79 Å². The van der Waals surface area contributed by atoms with Crippen LogP contribution < -0.4 is 11.1 Å². The van der Waals surface area contributed by atoms with Crippen molar-refractivity contribution in [3.05, 3.63) is 34.9 Å². The molecular weight excluding hydrogens is 250 g/mol. The maximum absolute atomic E-state index is 12.1. The lowest BCUT2D eigenvalue weighted by Gasteiger charge is -2.26. The van der Waals surface area contributed by atoms with Crippen LogP contribution >= 0.6 is 0 Å². The largest absolute Gasteiger partial charge is 0.370 e. The van der Waals surface area contributed by atoms with Crippen molar-refractivity contribution in [3.63, 3.8) is 0 Å². The lowest BCUT2D eigenvalue weighted by atomic mass is 9.79. The molecule has 0 aliphatic rings. The minimum Gasteiger partial charge on any atom is -0.370 e. The van der Waals surface area contributed by atoms with Gasteiger partial charge in [0.1, 0.15) is 0 Å². The monoisotopic (exact) mass is 275 g/mol. The zero-order chi connectivity index (χ0) is 15.7. The third-order valence-corrected chi connectivity index (χ3v) is 3.18. The molecule has 4 nitrogen and oxygen atoms in total. The second kappa shape index (κ2) is 5.27. The number of nitrogens with two attached hydrogens (primary N) is 1. The molecular formula is C16H25N3O. The Balaban J connectivity index is 3.38. The molecule has 0 atom stereocenters. The number of rotatable bonds is 1. The van der Waals surface area contributed by atoms with Gasteiger partial charge in [0.25, 0.3) is 5.91 Å². The predicted octanol–water partition coefficient (Wildman–Crippen LogP) is 2.90. The van der Waals surface area contributed by atoms with Crippen LogP contribution in [-0.2, 0) is 10.8 Å². The van der Waals surface area contributed by atoms with Gasteiger partial charge in [0.15, 0.2) is 5.96 Å². The van der Waals surface area contributed by atoms with E-state index in [-0.39, 0.29) is 22.7 Å². The molecule has 1 aromatic rings. The van der Waals surface area contributed by atoms with Crippen molar-refractivity contribution < 1.29 is 4.79 Å². The number of carbonyl (C=O) groups is 1. The molecule has 0 aliphatic heterocycles. The summed E-state index contributed by atoms with van der Waals surface area (Å²) in [5.41, 5.74) is 7.86. The first kappa shape index (κ1) is 16.2. The van der Waals surface area contributed by atoms with Crippen LogP contribution in [-0.4, -0.2) is 11.9 Å². The first-order valence-electron chi connectivity index (χ1n) is 6.72. The zero-order valence-corrected chi connectivity index (χ0v) is 13.2. The summed E-state index contributed by atoms with van der Waals surface area (Å²) in [5.74, 6) is -0.678. The molecule has 0 bridgehead atoms. The van der Waals surface area contributed by atoms with Crippen LogP contribution in [0.4, 0.5) is 0 Å². The van der Waals surface area contributed by atoms with E-state index in [1.54, 1.807) is 0 Å². The third kappa shape index (κ3) is 4.08. The van der Waals surface area contributed by atoms with Crippen molar-refractivity contribution in [1.82, 2.24) is 5.32 Å². The van der Waals surface area contributed by atoms with Gasteiger partial charge in [-0.05, 0) is 34.1 Å². The van der Waals surface area contributed by atoms with E-state index < -0.39 is 0 Å². The summed E-state index contributed by atoms with van der Waals surface area (Å²) in [7, 11) is 0. The van der Waals surface area contributed by atoms with Crippen molar-refractivity contribution in [2.75, 3.05) is 0 Å². The molecule has 0 unspecified atom stereocenters. The molecule has 1 amide bonds. The van der Waals surface area contributed by atoms with Gasteiger partial charge in [-0.3, -0.25) is 15.5 Å². The van der Waals surface area contributed by atoms with Gasteiger partial charge in [0.05, 0.1) is 0 Å². The molecule has 0 fully saturated rings. The summed E-state index contributed by atoms with van der Waals surface area (Å²) in [4.78, 5) is 12.1. The molecule has 0 aliphatic carbocycles. The smallest absolute Gasteiger partial charge is 0.257 e. The molecule has 0 saturated carbocycles. The number of nitrogens with one attached hydrogen (secondary N) is 2. The molecule has 0 aromatic heterocycles. The van der Waals surface area contributed by atoms with Crippen molar-refractivity contribution in [3.8, 4) is 0 Å². The van der Waals surface area contributed by atoms with E-state index >= 15 is 0 Å². The van der Waals surface area contributed by atoms with E-state index in [4.69, 9.17) is 11.1 Å². The highest BCUT2D eigenvalue weighted by Crippen LogP contribution is 2.30. The van der Waals surface area contributed by atoms with Gasteiger partial charge in [-0.15, -0.1) is 0 Å². The van der Waals surface area contributed by atoms with Crippen LogP contribution in [0.15, 0.2) is 18.2 Å². The van der Waals surface area contributed by atoms with Gasteiger partial charge >= 0.3 is 0 Å². The Bertz CT molecular complexity index is 501. The fourth-order valence-electron chi connectivity index (χ4n) is 1.82. The highest BCUT2D eigenvalue weighted by molar-refractivity contribution is 6.04. The normalized spacial score (nSPS) is 12.1. The van der Waals surface area contributed by atoms with E-state index in [1.807, 2.05) is 12.1 Å². The molecule has 1 aromatic carbocycles. The standard InChI is InChI=1S/C16H25N3O/c1-15(2,3)11-7-10(13(20)19-14(17)18)8-12(9-11)16(4,5)6/h7-9H,1-6H3,(H4,17,18,19,20). The molecule has 0 spiro atoms. The Morgan fingerprint density at radius 2 is 1.40 bits per heavy atom. The molecule has 4 N–H and O–H groups in total. The molecule has 0 heterocycles. The minimum atomic E-state index is -0.339. The average Bonchev–Trinajstić information content (AvgIpc) is 2.25. The van der Waals surface area contributed by atoms with E-state index in [1.165, 1.54) is 0 Å². The SMILES string of the molecule is CC(C)(C)c1cc(C(=O)NC(=N)N)cc(C(C)(C)C)c1. The molecule has 0 saturated heterocycles. The van der Waals surface area contributed by atoms with Gasteiger partial charge < -0.3 is 5.73 Å².